The van der Waals surface area contributed by atoms with Gasteiger partial charge < -0.3 is 4.90 Å². The largest absolute Gasteiger partial charge is 0.328 e. The van der Waals surface area contributed by atoms with Crippen LogP contribution in [0.3, 0.4) is 0 Å². The molecule has 0 saturated carbocycles. The Morgan fingerprint density at radius 1 is 0.852 bits per heavy atom. The van der Waals surface area contributed by atoms with E-state index in [1.165, 1.54) is 11.1 Å². The van der Waals surface area contributed by atoms with Crippen molar-refractivity contribution in [3.05, 3.63) is 71.9 Å². The van der Waals surface area contributed by atoms with Crippen molar-refractivity contribution in [2.45, 2.75) is 52.4 Å². The first-order valence-electron chi connectivity index (χ1n) is 9.49. The van der Waals surface area contributed by atoms with Gasteiger partial charge in [-0.1, -0.05) is 59.7 Å². The van der Waals surface area contributed by atoms with Gasteiger partial charge in [0.25, 0.3) is 0 Å². The van der Waals surface area contributed by atoms with Crippen LogP contribution in [0.4, 0.5) is 11.5 Å². The second-order valence-electron chi connectivity index (χ2n) is 9.18. The third-order valence-corrected chi connectivity index (χ3v) is 4.80. The molecule has 0 aliphatic carbocycles. The molecule has 3 nitrogen and oxygen atoms in total. The lowest BCUT2D eigenvalue weighted by Gasteiger charge is -2.28. The highest BCUT2D eigenvalue weighted by atomic mass is 15.3. The minimum Gasteiger partial charge on any atom is -0.328 e. The van der Waals surface area contributed by atoms with Gasteiger partial charge in [-0.2, -0.15) is 0 Å². The highest BCUT2D eigenvalue weighted by molar-refractivity contribution is 5.62. The molecule has 2 aromatic carbocycles. The fraction of sp³-hybridized carbons (Fsp3) is 0.375. The number of para-hydroxylation sites is 1. The van der Waals surface area contributed by atoms with Crippen molar-refractivity contribution < 1.29 is 0 Å². The second-order valence-corrected chi connectivity index (χ2v) is 9.18. The monoisotopic (exact) mass is 360 g/mol. The average Bonchev–Trinajstić information content (AvgIpc) is 3.10. The molecule has 0 N–H and O–H groups in total. The summed E-state index contributed by atoms with van der Waals surface area (Å²) < 4.78 is 1.91. The van der Waals surface area contributed by atoms with Crippen LogP contribution in [0, 0.1) is 6.07 Å². The predicted octanol–water partition coefficient (Wildman–Crippen LogP) is 6.04. The Bertz CT molecular complexity index is 877. The second kappa shape index (κ2) is 6.88. The Balaban J connectivity index is 2.02. The molecule has 1 radical (unpaired) electrons. The van der Waals surface area contributed by atoms with E-state index in [2.05, 4.69) is 89.9 Å². The third kappa shape index (κ3) is 4.24. The summed E-state index contributed by atoms with van der Waals surface area (Å²) in [6.07, 6.45) is 2.01. The number of nitrogens with zero attached hydrogens (tertiary/aromatic N) is 3. The molecule has 0 unspecified atom stereocenters. The van der Waals surface area contributed by atoms with Gasteiger partial charge in [0.05, 0.1) is 5.69 Å². The van der Waals surface area contributed by atoms with Gasteiger partial charge in [-0.15, -0.1) is 5.10 Å². The van der Waals surface area contributed by atoms with Crippen molar-refractivity contribution in [2.24, 2.45) is 0 Å². The smallest absolute Gasteiger partial charge is 0.155 e. The average molecular weight is 361 g/mol. The van der Waals surface area contributed by atoms with Crippen LogP contribution >= 0.6 is 0 Å². The topological polar surface area (TPSA) is 21.1 Å². The van der Waals surface area contributed by atoms with Crippen molar-refractivity contribution in [1.82, 2.24) is 9.78 Å². The molecule has 3 aromatic rings. The van der Waals surface area contributed by atoms with Gasteiger partial charge in [0.15, 0.2) is 5.82 Å². The first-order chi connectivity index (χ1) is 12.6. The SMILES string of the molecule is CN(c1cc(C(C)(C)C)[c]c(C(C)(C)C)c1)c1ccn(-c2ccccc2)n1. The normalized spacial score (nSPS) is 12.3. The Hall–Kier alpha value is -2.55. The first-order valence-corrected chi connectivity index (χ1v) is 9.49. The maximum absolute atomic E-state index is 4.77. The summed E-state index contributed by atoms with van der Waals surface area (Å²) in [6.45, 7) is 13.4. The highest BCUT2D eigenvalue weighted by Gasteiger charge is 2.22. The van der Waals surface area contributed by atoms with E-state index in [1.807, 2.05) is 29.1 Å². The van der Waals surface area contributed by atoms with E-state index >= 15 is 0 Å². The van der Waals surface area contributed by atoms with Gasteiger partial charge >= 0.3 is 0 Å². The molecule has 1 aromatic heterocycles. The summed E-state index contributed by atoms with van der Waals surface area (Å²) in [7, 11) is 2.08. The molecule has 0 amide bonds. The lowest BCUT2D eigenvalue weighted by atomic mass is 9.80. The van der Waals surface area contributed by atoms with Crippen molar-refractivity contribution in [1.29, 1.82) is 0 Å². The van der Waals surface area contributed by atoms with Crippen molar-refractivity contribution in [3.63, 3.8) is 0 Å². The molecule has 0 bridgehead atoms. The summed E-state index contributed by atoms with van der Waals surface area (Å²) in [5, 5.41) is 4.77. The summed E-state index contributed by atoms with van der Waals surface area (Å²) in [6, 6.07) is 20.4. The van der Waals surface area contributed by atoms with Crippen LogP contribution in [-0.4, -0.2) is 16.8 Å². The van der Waals surface area contributed by atoms with Crippen molar-refractivity contribution in [2.75, 3.05) is 11.9 Å². The number of anilines is 2. The van der Waals surface area contributed by atoms with Crippen LogP contribution < -0.4 is 4.90 Å². The van der Waals surface area contributed by atoms with E-state index in [1.54, 1.807) is 0 Å². The minimum absolute atomic E-state index is 0.0419. The maximum Gasteiger partial charge on any atom is 0.155 e. The van der Waals surface area contributed by atoms with Gasteiger partial charge in [-0.3, -0.25) is 0 Å². The lowest BCUT2D eigenvalue weighted by molar-refractivity contribution is 0.566. The van der Waals surface area contributed by atoms with Gasteiger partial charge in [-0.05, 0) is 52.3 Å². The summed E-state index contributed by atoms with van der Waals surface area (Å²) in [5.41, 5.74) is 4.73. The Morgan fingerprint density at radius 3 is 1.93 bits per heavy atom. The van der Waals surface area contributed by atoms with Crippen LogP contribution in [0.2, 0.25) is 0 Å². The molecule has 27 heavy (non-hydrogen) atoms. The minimum atomic E-state index is 0.0419. The molecule has 141 valence electrons. The zero-order valence-corrected chi connectivity index (χ0v) is 17.5. The molecule has 1 heterocycles. The molecule has 0 aliphatic heterocycles. The number of hydrogen-bond donors (Lipinski definition) is 0. The first kappa shape index (κ1) is 19.2. The van der Waals surface area contributed by atoms with Crippen LogP contribution in [0.5, 0.6) is 0 Å². The van der Waals surface area contributed by atoms with E-state index in [0.717, 1.165) is 17.2 Å². The molecular formula is C24H30N3. The van der Waals surface area contributed by atoms with E-state index in [0.29, 0.717) is 0 Å². The highest BCUT2D eigenvalue weighted by Crippen LogP contribution is 2.34. The molecule has 0 atom stereocenters. The fourth-order valence-electron chi connectivity index (χ4n) is 2.91. The summed E-state index contributed by atoms with van der Waals surface area (Å²) in [5.74, 6) is 0.921. The van der Waals surface area contributed by atoms with Crippen LogP contribution in [0.1, 0.15) is 52.7 Å². The predicted molar refractivity (Wildman–Crippen MR) is 114 cm³/mol. The van der Waals surface area contributed by atoms with Gasteiger partial charge in [0, 0.05) is 25.0 Å². The van der Waals surface area contributed by atoms with Crippen molar-refractivity contribution >= 4 is 11.5 Å². The van der Waals surface area contributed by atoms with Gasteiger partial charge in [0.1, 0.15) is 0 Å². The lowest BCUT2D eigenvalue weighted by Crippen LogP contribution is -2.19. The Morgan fingerprint density at radius 2 is 1.41 bits per heavy atom. The molecule has 0 spiro atoms. The maximum atomic E-state index is 4.77. The van der Waals surface area contributed by atoms with E-state index < -0.39 is 0 Å². The fourth-order valence-corrected chi connectivity index (χ4v) is 2.91. The van der Waals surface area contributed by atoms with Crippen molar-refractivity contribution in [3.8, 4) is 5.69 Å². The number of aromatic nitrogens is 2. The van der Waals surface area contributed by atoms with Crippen LogP contribution in [0.25, 0.3) is 5.69 Å². The van der Waals surface area contributed by atoms with Gasteiger partial charge in [-0.25, -0.2) is 4.68 Å². The van der Waals surface area contributed by atoms with Crippen LogP contribution in [0.15, 0.2) is 54.7 Å². The summed E-state index contributed by atoms with van der Waals surface area (Å²) in [4.78, 5) is 2.15. The van der Waals surface area contributed by atoms with Crippen LogP contribution in [-0.2, 0) is 10.8 Å². The Kier molecular flexibility index (Phi) is 4.90. The van der Waals surface area contributed by atoms with Gasteiger partial charge in [0.2, 0.25) is 0 Å². The Labute approximate surface area is 163 Å². The van der Waals surface area contributed by atoms with E-state index in [4.69, 9.17) is 5.10 Å². The number of benzene rings is 2. The molecule has 0 saturated heterocycles. The molecular weight excluding hydrogens is 330 g/mol. The molecule has 3 rings (SSSR count). The standard InChI is InChI=1S/C24H30N3/c1-23(2,3)18-15-19(24(4,5)6)17-21(16-18)26(7)22-13-14-27(25-22)20-11-9-8-10-12-20/h8-14,16-17H,1-7H3. The number of hydrogen-bond acceptors (Lipinski definition) is 2. The molecule has 0 fully saturated rings. The number of rotatable bonds is 3. The molecule has 0 aliphatic rings. The van der Waals surface area contributed by atoms with E-state index in [-0.39, 0.29) is 10.8 Å². The zero-order valence-electron chi connectivity index (χ0n) is 17.5. The molecule has 3 heteroatoms. The third-order valence-electron chi connectivity index (χ3n) is 4.80. The zero-order chi connectivity index (χ0) is 19.8. The summed E-state index contributed by atoms with van der Waals surface area (Å²) >= 11 is 0. The van der Waals surface area contributed by atoms with E-state index in [9.17, 15) is 0 Å². The quantitative estimate of drug-likeness (QED) is 0.568.